The van der Waals surface area contributed by atoms with Crippen molar-refractivity contribution in [1.82, 2.24) is 20.3 Å². The van der Waals surface area contributed by atoms with Crippen LogP contribution in [0.15, 0.2) is 23.0 Å². The van der Waals surface area contributed by atoms with E-state index in [0.29, 0.717) is 5.56 Å². The Morgan fingerprint density at radius 2 is 2.37 bits per heavy atom. The molecule has 0 spiro atoms. The number of thiophene rings is 1. The average molecular weight is 385 g/mol. The van der Waals surface area contributed by atoms with Crippen LogP contribution in [0.3, 0.4) is 0 Å². The Morgan fingerprint density at radius 1 is 1.52 bits per heavy atom. The molecule has 0 aliphatic heterocycles. The van der Waals surface area contributed by atoms with Gasteiger partial charge in [0.15, 0.2) is 5.54 Å². The summed E-state index contributed by atoms with van der Waals surface area (Å²) in [7, 11) is 1.74. The maximum atomic E-state index is 12.7. The number of amides is 1. The Balaban J connectivity index is 1.59. The highest BCUT2D eigenvalue weighted by Crippen LogP contribution is 2.43. The summed E-state index contributed by atoms with van der Waals surface area (Å²) in [6.07, 6.45) is 7.62. The highest BCUT2D eigenvalue weighted by molar-refractivity contribution is 7.08. The minimum Gasteiger partial charge on any atom is -0.381 e. The van der Waals surface area contributed by atoms with Gasteiger partial charge >= 0.3 is 0 Å². The van der Waals surface area contributed by atoms with Gasteiger partial charge in [0, 0.05) is 12.5 Å². The predicted molar refractivity (Wildman–Crippen MR) is 100 cm³/mol. The number of carbonyl (C=O) groups is 1. The molecule has 2 aromatic rings. The first kappa shape index (κ1) is 18.1. The SMILES string of the molecule is COC1CCCC([C@H](NC(=O)c2ccsc2)c2cn(C3(C#N)CC3)nn2)C1. The first-order chi connectivity index (χ1) is 13.1. The van der Waals surface area contributed by atoms with Gasteiger partial charge in [-0.2, -0.15) is 16.6 Å². The van der Waals surface area contributed by atoms with Gasteiger partial charge in [-0.15, -0.1) is 5.10 Å². The quantitative estimate of drug-likeness (QED) is 0.825. The van der Waals surface area contributed by atoms with E-state index in [1.807, 2.05) is 23.0 Å². The van der Waals surface area contributed by atoms with Crippen LogP contribution in [0.5, 0.6) is 0 Å². The molecule has 1 N–H and O–H groups in total. The molecule has 2 aliphatic carbocycles. The Bertz CT molecular complexity index is 837. The zero-order chi connectivity index (χ0) is 18.9. The Labute approximate surface area is 162 Å². The van der Waals surface area contributed by atoms with E-state index in [-0.39, 0.29) is 24.0 Å². The van der Waals surface area contributed by atoms with Crippen molar-refractivity contribution in [3.05, 3.63) is 34.3 Å². The summed E-state index contributed by atoms with van der Waals surface area (Å²) >= 11 is 1.50. The number of nitrogens with zero attached hydrogens (tertiary/aromatic N) is 4. The lowest BCUT2D eigenvalue weighted by Crippen LogP contribution is -2.37. The zero-order valence-electron chi connectivity index (χ0n) is 15.3. The van der Waals surface area contributed by atoms with Crippen LogP contribution in [0.2, 0.25) is 0 Å². The second-order valence-electron chi connectivity index (χ2n) is 7.48. The molecule has 7 nitrogen and oxygen atoms in total. The van der Waals surface area contributed by atoms with E-state index in [9.17, 15) is 10.1 Å². The summed E-state index contributed by atoms with van der Waals surface area (Å²) in [6.45, 7) is 0. The number of aromatic nitrogens is 3. The van der Waals surface area contributed by atoms with Crippen LogP contribution in [0.1, 0.15) is 60.6 Å². The second kappa shape index (κ2) is 7.41. The van der Waals surface area contributed by atoms with E-state index in [4.69, 9.17) is 4.74 Å². The van der Waals surface area contributed by atoms with E-state index in [0.717, 1.165) is 44.2 Å². The second-order valence-corrected chi connectivity index (χ2v) is 8.26. The highest BCUT2D eigenvalue weighted by atomic mass is 32.1. The van der Waals surface area contributed by atoms with Crippen LogP contribution < -0.4 is 5.32 Å². The largest absolute Gasteiger partial charge is 0.381 e. The molecule has 2 heterocycles. The van der Waals surface area contributed by atoms with Gasteiger partial charge in [0.1, 0.15) is 5.69 Å². The van der Waals surface area contributed by atoms with Crippen molar-refractivity contribution >= 4 is 17.2 Å². The van der Waals surface area contributed by atoms with Crippen molar-refractivity contribution in [2.45, 2.75) is 56.2 Å². The molecule has 2 saturated carbocycles. The lowest BCUT2D eigenvalue weighted by Gasteiger charge is -2.33. The van der Waals surface area contributed by atoms with Crippen molar-refractivity contribution < 1.29 is 9.53 Å². The fraction of sp³-hybridized carbons (Fsp3) is 0.579. The Morgan fingerprint density at radius 3 is 3.04 bits per heavy atom. The number of methoxy groups -OCH3 is 1. The molecule has 4 rings (SSSR count). The summed E-state index contributed by atoms with van der Waals surface area (Å²) in [5.74, 6) is 0.130. The van der Waals surface area contributed by atoms with Crippen molar-refractivity contribution in [3.63, 3.8) is 0 Å². The summed E-state index contributed by atoms with van der Waals surface area (Å²) in [5, 5.41) is 24.9. The molecule has 8 heteroatoms. The fourth-order valence-corrected chi connectivity index (χ4v) is 4.52. The number of nitriles is 1. The number of carbonyl (C=O) groups excluding carboxylic acids is 1. The number of rotatable bonds is 6. The lowest BCUT2D eigenvalue weighted by molar-refractivity contribution is 0.0405. The van der Waals surface area contributed by atoms with Crippen LogP contribution in [0.4, 0.5) is 0 Å². The molecule has 0 aromatic carbocycles. The van der Waals surface area contributed by atoms with Crippen LogP contribution >= 0.6 is 11.3 Å². The van der Waals surface area contributed by atoms with E-state index in [2.05, 4.69) is 21.7 Å². The summed E-state index contributed by atoms with van der Waals surface area (Å²) in [6, 6.07) is 3.92. The molecular weight excluding hydrogens is 362 g/mol. The van der Waals surface area contributed by atoms with Gasteiger partial charge in [-0.1, -0.05) is 11.6 Å². The van der Waals surface area contributed by atoms with E-state index in [1.54, 1.807) is 11.8 Å². The number of hydrogen-bond acceptors (Lipinski definition) is 6. The zero-order valence-corrected chi connectivity index (χ0v) is 16.1. The van der Waals surface area contributed by atoms with Crippen LogP contribution in [0.25, 0.3) is 0 Å². The molecule has 0 saturated heterocycles. The third-order valence-corrected chi connectivity index (χ3v) is 6.42. The normalized spacial score (nSPS) is 24.7. The summed E-state index contributed by atoms with van der Waals surface area (Å²) < 4.78 is 7.25. The summed E-state index contributed by atoms with van der Waals surface area (Å²) in [5.41, 5.74) is 0.837. The molecule has 2 unspecified atom stereocenters. The smallest absolute Gasteiger partial charge is 0.252 e. The molecule has 3 atom stereocenters. The fourth-order valence-electron chi connectivity index (χ4n) is 3.89. The standard InChI is InChI=1S/C19H23N5O2S/c1-26-15-4-2-3-13(9-15)17(21-18(25)14-5-8-27-11-14)16-10-24(23-22-16)19(12-20)6-7-19/h5,8,10-11,13,15,17H,2-4,6-7,9H2,1H3,(H,21,25)/t13?,15?,17-/m0/s1. The molecule has 0 radical (unpaired) electrons. The van der Waals surface area contributed by atoms with E-state index in [1.165, 1.54) is 11.3 Å². The van der Waals surface area contributed by atoms with E-state index < -0.39 is 5.54 Å². The molecule has 142 valence electrons. The molecular formula is C19H23N5O2S. The lowest BCUT2D eigenvalue weighted by atomic mass is 9.81. The number of hydrogen-bond donors (Lipinski definition) is 1. The number of nitrogens with one attached hydrogen (secondary N) is 1. The summed E-state index contributed by atoms with van der Waals surface area (Å²) in [4.78, 5) is 12.7. The van der Waals surface area contributed by atoms with Crippen molar-refractivity contribution in [3.8, 4) is 6.07 Å². The van der Waals surface area contributed by atoms with Gasteiger partial charge in [0.25, 0.3) is 5.91 Å². The molecule has 2 aromatic heterocycles. The minimum atomic E-state index is -0.547. The molecule has 27 heavy (non-hydrogen) atoms. The average Bonchev–Trinajstić information content (AvgIpc) is 3.11. The third-order valence-electron chi connectivity index (χ3n) is 5.74. The van der Waals surface area contributed by atoms with Crippen molar-refractivity contribution in [1.29, 1.82) is 5.26 Å². The van der Waals surface area contributed by atoms with Gasteiger partial charge in [0.2, 0.25) is 0 Å². The first-order valence-corrected chi connectivity index (χ1v) is 10.3. The predicted octanol–water partition coefficient (Wildman–Crippen LogP) is 3.03. The van der Waals surface area contributed by atoms with E-state index >= 15 is 0 Å². The Hall–Kier alpha value is -2.24. The first-order valence-electron chi connectivity index (χ1n) is 9.35. The molecule has 2 aliphatic rings. The maximum Gasteiger partial charge on any atom is 0.252 e. The number of ether oxygens (including phenoxy) is 1. The van der Waals surface area contributed by atoms with Gasteiger partial charge in [-0.25, -0.2) is 4.68 Å². The minimum absolute atomic E-state index is 0.100. The molecule has 0 bridgehead atoms. The molecule has 2 fully saturated rings. The highest BCUT2D eigenvalue weighted by Gasteiger charge is 2.47. The van der Waals surface area contributed by atoms with Gasteiger partial charge < -0.3 is 10.1 Å². The van der Waals surface area contributed by atoms with Gasteiger partial charge in [-0.3, -0.25) is 4.79 Å². The third kappa shape index (κ3) is 3.62. The molecule has 1 amide bonds. The van der Waals surface area contributed by atoms with Gasteiger partial charge in [0.05, 0.1) is 30.0 Å². The topological polar surface area (TPSA) is 92.8 Å². The van der Waals surface area contributed by atoms with Crippen LogP contribution in [-0.4, -0.2) is 34.1 Å². The monoisotopic (exact) mass is 385 g/mol. The van der Waals surface area contributed by atoms with Crippen molar-refractivity contribution in [2.75, 3.05) is 7.11 Å². The van der Waals surface area contributed by atoms with Crippen LogP contribution in [0, 0.1) is 17.2 Å². The Kier molecular flexibility index (Phi) is 4.98. The maximum absolute atomic E-state index is 12.7. The van der Waals surface area contributed by atoms with Gasteiger partial charge in [-0.05, 0) is 49.5 Å². The van der Waals surface area contributed by atoms with Crippen molar-refractivity contribution in [2.24, 2.45) is 5.92 Å². The van der Waals surface area contributed by atoms with Crippen LogP contribution in [-0.2, 0) is 10.3 Å².